The fourth-order valence-electron chi connectivity index (χ4n) is 0.971. The molecule has 7 heteroatoms. The molecule has 0 bridgehead atoms. The lowest BCUT2D eigenvalue weighted by atomic mass is 10.3. The highest BCUT2D eigenvalue weighted by Crippen LogP contribution is 2.22. The van der Waals surface area contributed by atoms with Gasteiger partial charge in [-0.25, -0.2) is 4.98 Å². The zero-order chi connectivity index (χ0) is 10.8. The molecule has 0 aliphatic rings. The van der Waals surface area contributed by atoms with Crippen molar-refractivity contribution in [2.75, 3.05) is 5.73 Å². The number of pyridine rings is 1. The van der Waals surface area contributed by atoms with Crippen LogP contribution in [0.2, 0.25) is 0 Å². The van der Waals surface area contributed by atoms with Gasteiger partial charge in [0, 0.05) is 6.20 Å². The number of rotatable bonds is 2. The summed E-state index contributed by atoms with van der Waals surface area (Å²) in [7, 11) is 0. The minimum Gasteiger partial charge on any atom is -0.415 e. The van der Waals surface area contributed by atoms with Gasteiger partial charge in [0.15, 0.2) is 0 Å². The van der Waals surface area contributed by atoms with Crippen LogP contribution in [-0.2, 0) is 0 Å². The van der Waals surface area contributed by atoms with Crippen LogP contribution in [0.15, 0.2) is 22.7 Å². The Hall–Kier alpha value is -2.05. The van der Waals surface area contributed by atoms with E-state index in [-0.39, 0.29) is 5.89 Å². The van der Waals surface area contributed by atoms with Gasteiger partial charge in [0.25, 0.3) is 5.89 Å². The van der Waals surface area contributed by atoms with E-state index in [0.29, 0.717) is 11.4 Å². The van der Waals surface area contributed by atoms with Crippen molar-refractivity contribution in [1.29, 1.82) is 0 Å². The fraction of sp³-hybridized carbons (Fsp3) is 0.125. The minimum atomic E-state index is -2.77. The molecular formula is C8H6F2N4O. The second-order valence-electron chi connectivity index (χ2n) is 2.72. The lowest BCUT2D eigenvalue weighted by Gasteiger charge is -1.94. The van der Waals surface area contributed by atoms with Crippen molar-refractivity contribution in [1.82, 2.24) is 15.2 Å². The van der Waals surface area contributed by atoms with E-state index >= 15 is 0 Å². The Balaban J connectivity index is 2.33. The average molecular weight is 212 g/mol. The first-order chi connectivity index (χ1) is 7.16. The molecule has 2 aromatic heterocycles. The quantitative estimate of drug-likeness (QED) is 0.818. The fourth-order valence-corrected chi connectivity index (χ4v) is 0.971. The molecule has 0 aliphatic heterocycles. The smallest absolute Gasteiger partial charge is 0.314 e. The second-order valence-corrected chi connectivity index (χ2v) is 2.72. The molecule has 78 valence electrons. The van der Waals surface area contributed by atoms with E-state index in [0.717, 1.165) is 0 Å². The van der Waals surface area contributed by atoms with Crippen LogP contribution in [0.1, 0.15) is 12.3 Å². The van der Waals surface area contributed by atoms with E-state index in [4.69, 9.17) is 10.2 Å². The standard InChI is InChI=1S/C8H6F2N4O/c9-6(10)8-14-13-7(15-8)4-1-2-5(11)12-3-4/h1-3,6H,(H2,11,12). The van der Waals surface area contributed by atoms with Crippen LogP contribution >= 0.6 is 0 Å². The van der Waals surface area contributed by atoms with Gasteiger partial charge in [0.05, 0.1) is 5.56 Å². The van der Waals surface area contributed by atoms with Gasteiger partial charge in [0.1, 0.15) is 5.82 Å². The van der Waals surface area contributed by atoms with Crippen LogP contribution < -0.4 is 5.73 Å². The number of hydrogen-bond donors (Lipinski definition) is 1. The molecular weight excluding hydrogens is 206 g/mol. The summed E-state index contributed by atoms with van der Waals surface area (Å²) in [5, 5.41) is 6.65. The number of hydrogen-bond acceptors (Lipinski definition) is 5. The summed E-state index contributed by atoms with van der Waals surface area (Å²) in [6, 6.07) is 3.08. The maximum Gasteiger partial charge on any atom is 0.314 e. The first kappa shape index (κ1) is 9.50. The van der Waals surface area contributed by atoms with Crippen molar-refractivity contribution in [3.05, 3.63) is 24.2 Å². The van der Waals surface area contributed by atoms with E-state index in [1.807, 2.05) is 0 Å². The molecule has 0 aromatic carbocycles. The van der Waals surface area contributed by atoms with E-state index in [9.17, 15) is 8.78 Å². The predicted octanol–water partition coefficient (Wildman–Crippen LogP) is 1.65. The Kier molecular flexibility index (Phi) is 2.28. The first-order valence-corrected chi connectivity index (χ1v) is 4.00. The second kappa shape index (κ2) is 3.60. The normalized spacial score (nSPS) is 10.9. The molecule has 0 amide bonds. The molecule has 0 spiro atoms. The van der Waals surface area contributed by atoms with Crippen LogP contribution in [0.25, 0.3) is 11.5 Å². The summed E-state index contributed by atoms with van der Waals surface area (Å²) in [4.78, 5) is 3.77. The number of nitrogens with two attached hydrogens (primary N) is 1. The molecule has 0 fully saturated rings. The van der Waals surface area contributed by atoms with Gasteiger partial charge >= 0.3 is 6.43 Å². The van der Waals surface area contributed by atoms with Crippen LogP contribution in [0.3, 0.4) is 0 Å². The van der Waals surface area contributed by atoms with Crippen molar-refractivity contribution in [3.8, 4) is 11.5 Å². The molecule has 0 atom stereocenters. The largest absolute Gasteiger partial charge is 0.415 e. The first-order valence-electron chi connectivity index (χ1n) is 4.00. The van der Waals surface area contributed by atoms with Gasteiger partial charge < -0.3 is 10.2 Å². The monoisotopic (exact) mass is 212 g/mol. The van der Waals surface area contributed by atoms with Gasteiger partial charge in [-0.1, -0.05) is 0 Å². The predicted molar refractivity (Wildman–Crippen MR) is 46.9 cm³/mol. The molecule has 0 radical (unpaired) electrons. The van der Waals surface area contributed by atoms with Crippen LogP contribution in [-0.4, -0.2) is 15.2 Å². The highest BCUT2D eigenvalue weighted by molar-refractivity contribution is 5.52. The zero-order valence-corrected chi connectivity index (χ0v) is 7.39. The van der Waals surface area contributed by atoms with E-state index in [2.05, 4.69) is 15.2 Å². The Labute approximate surface area is 82.9 Å². The highest BCUT2D eigenvalue weighted by Gasteiger charge is 2.16. The van der Waals surface area contributed by atoms with Crippen LogP contribution in [0.5, 0.6) is 0 Å². The molecule has 5 nitrogen and oxygen atoms in total. The van der Waals surface area contributed by atoms with E-state index in [1.54, 1.807) is 6.07 Å². The Morgan fingerprint density at radius 3 is 2.60 bits per heavy atom. The van der Waals surface area contributed by atoms with E-state index in [1.165, 1.54) is 12.3 Å². The van der Waals surface area contributed by atoms with Gasteiger partial charge in [-0.3, -0.25) is 0 Å². The van der Waals surface area contributed by atoms with Crippen molar-refractivity contribution >= 4 is 5.82 Å². The highest BCUT2D eigenvalue weighted by atomic mass is 19.3. The number of halogens is 2. The molecule has 2 rings (SSSR count). The van der Waals surface area contributed by atoms with E-state index < -0.39 is 12.3 Å². The van der Waals surface area contributed by atoms with Gasteiger partial charge in [-0.2, -0.15) is 8.78 Å². The number of nitrogens with zero attached hydrogens (tertiary/aromatic N) is 3. The Morgan fingerprint density at radius 2 is 2.07 bits per heavy atom. The average Bonchev–Trinajstić information content (AvgIpc) is 2.68. The van der Waals surface area contributed by atoms with Gasteiger partial charge in [0.2, 0.25) is 5.89 Å². The summed E-state index contributed by atoms with van der Waals surface area (Å²) < 4.78 is 29.0. The molecule has 0 aliphatic carbocycles. The number of anilines is 1. The van der Waals surface area contributed by atoms with Crippen molar-refractivity contribution < 1.29 is 13.2 Å². The molecule has 15 heavy (non-hydrogen) atoms. The molecule has 2 N–H and O–H groups in total. The van der Waals surface area contributed by atoms with Gasteiger partial charge in [-0.15, -0.1) is 10.2 Å². The third-order valence-electron chi connectivity index (χ3n) is 1.66. The van der Waals surface area contributed by atoms with Crippen molar-refractivity contribution in [3.63, 3.8) is 0 Å². The van der Waals surface area contributed by atoms with Crippen molar-refractivity contribution in [2.24, 2.45) is 0 Å². The minimum absolute atomic E-state index is 0.00204. The summed E-state index contributed by atoms with van der Waals surface area (Å²) >= 11 is 0. The third-order valence-corrected chi connectivity index (χ3v) is 1.66. The summed E-state index contributed by atoms with van der Waals surface area (Å²) in [6.45, 7) is 0. The van der Waals surface area contributed by atoms with Crippen LogP contribution in [0.4, 0.5) is 14.6 Å². The molecule has 2 aromatic rings. The lowest BCUT2D eigenvalue weighted by Crippen LogP contribution is -1.88. The Morgan fingerprint density at radius 1 is 1.27 bits per heavy atom. The number of aromatic nitrogens is 3. The third kappa shape index (κ3) is 1.90. The topological polar surface area (TPSA) is 77.8 Å². The lowest BCUT2D eigenvalue weighted by molar-refractivity contribution is 0.116. The number of nitrogen functional groups attached to an aromatic ring is 1. The zero-order valence-electron chi connectivity index (χ0n) is 7.39. The molecule has 2 heterocycles. The van der Waals surface area contributed by atoms with Crippen LogP contribution in [0, 0.1) is 0 Å². The number of alkyl halides is 2. The maximum atomic E-state index is 12.1. The summed E-state index contributed by atoms with van der Waals surface area (Å²) in [5.74, 6) is -0.382. The maximum absolute atomic E-state index is 12.1. The Bertz CT molecular complexity index is 454. The van der Waals surface area contributed by atoms with Crippen molar-refractivity contribution in [2.45, 2.75) is 6.43 Å². The SMILES string of the molecule is Nc1ccc(-c2nnc(C(F)F)o2)cn1. The molecule has 0 saturated carbocycles. The van der Waals surface area contributed by atoms with Gasteiger partial charge in [-0.05, 0) is 12.1 Å². The molecule has 0 saturated heterocycles. The summed E-state index contributed by atoms with van der Waals surface area (Å²) in [6.07, 6.45) is -1.40. The molecule has 0 unspecified atom stereocenters. The summed E-state index contributed by atoms with van der Waals surface area (Å²) in [5.41, 5.74) is 5.81.